The van der Waals surface area contributed by atoms with Gasteiger partial charge in [-0.05, 0) is 35.0 Å². The molecule has 3 aromatic rings. The Balaban J connectivity index is 1.70. The van der Waals surface area contributed by atoms with Crippen molar-refractivity contribution in [2.24, 2.45) is 0 Å². The first-order chi connectivity index (χ1) is 17.4. The highest BCUT2D eigenvalue weighted by Gasteiger charge is 2.71. The number of rotatable bonds is 11. The van der Waals surface area contributed by atoms with Crippen LogP contribution in [-0.2, 0) is 27.5 Å². The molecular weight excluding hydrogens is 484 g/mol. The molecule has 0 bridgehead atoms. The van der Waals surface area contributed by atoms with Crippen LogP contribution in [-0.4, -0.2) is 45.6 Å². The van der Waals surface area contributed by atoms with E-state index in [1.54, 1.807) is 54.6 Å². The number of thioether (sulfide) groups is 1. The fraction of sp³-hybridized carbons (Fsp3) is 0.250. The highest BCUT2D eigenvalue weighted by Crippen LogP contribution is 2.51. The van der Waals surface area contributed by atoms with E-state index in [1.807, 2.05) is 24.3 Å². The summed E-state index contributed by atoms with van der Waals surface area (Å²) in [4.78, 5) is 14.4. The van der Waals surface area contributed by atoms with Gasteiger partial charge in [0.15, 0.2) is 6.10 Å². The Morgan fingerprint density at radius 3 is 1.94 bits per heavy atom. The van der Waals surface area contributed by atoms with Gasteiger partial charge in [0.05, 0.1) is 13.2 Å². The van der Waals surface area contributed by atoms with Gasteiger partial charge in [0, 0.05) is 11.4 Å². The molecule has 1 N–H and O–H groups in total. The van der Waals surface area contributed by atoms with Gasteiger partial charge < -0.3 is 19.5 Å². The zero-order valence-corrected chi connectivity index (χ0v) is 20.3. The van der Waals surface area contributed by atoms with Crippen molar-refractivity contribution in [3.63, 3.8) is 0 Å². The molecule has 1 heterocycles. The summed E-state index contributed by atoms with van der Waals surface area (Å²) < 4.78 is 43.8. The average Bonchev–Trinajstić information content (AvgIpc) is 3.10. The summed E-state index contributed by atoms with van der Waals surface area (Å²) in [6.07, 6.45) is -1.85. The molecule has 1 amide bonds. The molecule has 1 fully saturated rings. The predicted octanol–water partition coefficient (Wildman–Crippen LogP) is 5.26. The van der Waals surface area contributed by atoms with Crippen molar-refractivity contribution in [3.05, 3.63) is 115 Å². The lowest BCUT2D eigenvalue weighted by molar-refractivity contribution is -0.250. The molecule has 4 rings (SSSR count). The number of likely N-dealkylation sites (tertiary alicyclic amines) is 1. The second kappa shape index (κ2) is 11.3. The van der Waals surface area contributed by atoms with Crippen molar-refractivity contribution in [2.45, 2.75) is 41.3 Å². The molecule has 8 heteroatoms. The van der Waals surface area contributed by atoms with E-state index in [1.165, 1.54) is 18.2 Å². The van der Waals surface area contributed by atoms with Gasteiger partial charge in [0.25, 0.3) is 5.91 Å². The number of carbonyl (C=O) groups is 1. The summed E-state index contributed by atoms with van der Waals surface area (Å²) >= 11 is 0.168. The summed E-state index contributed by atoms with van der Waals surface area (Å²) in [6.45, 7) is 3.17. The van der Waals surface area contributed by atoms with Crippen LogP contribution in [0.3, 0.4) is 0 Å². The fourth-order valence-electron chi connectivity index (χ4n) is 4.09. The number of alkyl halides is 2. The van der Waals surface area contributed by atoms with Gasteiger partial charge in [-0.3, -0.25) is 4.79 Å². The van der Waals surface area contributed by atoms with Gasteiger partial charge in [-0.25, -0.2) is 0 Å². The average molecular weight is 512 g/mol. The molecule has 0 spiro atoms. The molecule has 0 saturated carbocycles. The first kappa shape index (κ1) is 26.0. The Morgan fingerprint density at radius 2 is 1.42 bits per heavy atom. The van der Waals surface area contributed by atoms with Crippen LogP contribution in [0, 0.1) is 0 Å². The van der Waals surface area contributed by atoms with Crippen molar-refractivity contribution >= 4 is 17.7 Å². The summed E-state index contributed by atoms with van der Waals surface area (Å²) in [5.41, 5.74) is -1.55. The third-order valence-corrected chi connectivity index (χ3v) is 6.93. The molecule has 1 saturated heterocycles. The number of halogens is 2. The first-order valence-corrected chi connectivity index (χ1v) is 12.3. The smallest absolute Gasteiger partial charge is 0.347 e. The normalized spacial score (nSPS) is 22.1. The third-order valence-electron chi connectivity index (χ3n) is 5.87. The summed E-state index contributed by atoms with van der Waals surface area (Å²) in [5.74, 6) is -0.792. The number of carbonyl (C=O) groups excluding carboxylic acids is 1. The minimum Gasteiger partial charge on any atom is -0.365 e. The van der Waals surface area contributed by atoms with Crippen LogP contribution >= 0.6 is 11.8 Å². The molecule has 0 aliphatic carbocycles. The first-order valence-electron chi connectivity index (χ1n) is 11.4. The van der Waals surface area contributed by atoms with E-state index in [4.69, 9.17) is 9.47 Å². The number of amides is 1. The molecule has 188 valence electrons. The Hall–Kier alpha value is -3.04. The van der Waals surface area contributed by atoms with E-state index in [-0.39, 0.29) is 36.4 Å². The lowest BCUT2D eigenvalue weighted by atomic mass is 10.1. The van der Waals surface area contributed by atoms with E-state index >= 15 is 8.78 Å². The maximum Gasteiger partial charge on any atom is 0.347 e. The zero-order chi connectivity index (χ0) is 25.6. The molecule has 3 aromatic carbocycles. The Kier molecular flexibility index (Phi) is 8.21. The number of hydrogen-bond donors (Lipinski definition) is 1. The number of aliphatic hydroxyl groups is 1. The zero-order valence-electron chi connectivity index (χ0n) is 19.5. The molecular formula is C28H27F2NO4S. The monoisotopic (exact) mass is 511 g/mol. The second-order valence-electron chi connectivity index (χ2n) is 8.33. The SMILES string of the molecule is C=CCN1C(=O)[C@H](OCc2ccccc2)[C@@H](OCc2ccccc2)[C@]1(O)C(F)(F)Sc1ccccc1. The van der Waals surface area contributed by atoms with E-state index in [0.29, 0.717) is 10.5 Å². The maximum atomic E-state index is 16.0. The Morgan fingerprint density at radius 1 is 0.917 bits per heavy atom. The van der Waals surface area contributed by atoms with Gasteiger partial charge in [0.1, 0.15) is 6.10 Å². The maximum absolute atomic E-state index is 16.0. The van der Waals surface area contributed by atoms with Crippen LogP contribution in [0.5, 0.6) is 0 Å². The predicted molar refractivity (Wildman–Crippen MR) is 134 cm³/mol. The van der Waals surface area contributed by atoms with Crippen molar-refractivity contribution in [1.82, 2.24) is 4.90 Å². The molecule has 0 aromatic heterocycles. The molecule has 0 unspecified atom stereocenters. The highest BCUT2D eigenvalue weighted by atomic mass is 32.2. The van der Waals surface area contributed by atoms with Crippen molar-refractivity contribution < 1.29 is 28.2 Å². The molecule has 36 heavy (non-hydrogen) atoms. The van der Waals surface area contributed by atoms with Gasteiger partial charge in [-0.15, -0.1) is 6.58 Å². The van der Waals surface area contributed by atoms with Gasteiger partial charge in [0.2, 0.25) is 5.72 Å². The minimum absolute atomic E-state index is 0.0160. The topological polar surface area (TPSA) is 59.0 Å². The van der Waals surface area contributed by atoms with Crippen LogP contribution < -0.4 is 0 Å². The van der Waals surface area contributed by atoms with E-state index in [0.717, 1.165) is 5.56 Å². The van der Waals surface area contributed by atoms with Crippen LogP contribution in [0.4, 0.5) is 8.78 Å². The summed E-state index contributed by atoms with van der Waals surface area (Å²) in [5, 5.41) is 7.88. The quantitative estimate of drug-likeness (QED) is 0.281. The van der Waals surface area contributed by atoms with Crippen LogP contribution in [0.15, 0.2) is 109 Å². The second-order valence-corrected chi connectivity index (χ2v) is 9.52. The molecule has 1 aliphatic heterocycles. The standard InChI is InChI=1S/C28H27F2NO4S/c1-2-18-31-26(32)24(34-19-21-12-6-3-7-13-21)25(35-20-22-14-8-4-9-15-22)27(31,33)28(29,30)36-23-16-10-5-11-17-23/h2-17,24-25,33H,1,18-20H2/t24-,25-,27+/m1/s1. The lowest BCUT2D eigenvalue weighted by Crippen LogP contribution is -2.63. The number of ether oxygens (including phenoxy) is 2. The Labute approximate surface area is 213 Å². The minimum atomic E-state index is -3.85. The van der Waals surface area contributed by atoms with E-state index in [9.17, 15) is 9.90 Å². The van der Waals surface area contributed by atoms with Gasteiger partial charge in [-0.1, -0.05) is 84.9 Å². The highest BCUT2D eigenvalue weighted by molar-refractivity contribution is 8.00. The van der Waals surface area contributed by atoms with Crippen molar-refractivity contribution in [3.8, 4) is 0 Å². The largest absolute Gasteiger partial charge is 0.365 e. The molecule has 3 atom stereocenters. The molecule has 0 radical (unpaired) electrons. The summed E-state index contributed by atoms with van der Waals surface area (Å²) in [6, 6.07) is 26.0. The third kappa shape index (κ3) is 5.37. The number of benzene rings is 3. The molecule has 5 nitrogen and oxygen atoms in total. The van der Waals surface area contributed by atoms with Crippen molar-refractivity contribution in [1.29, 1.82) is 0 Å². The van der Waals surface area contributed by atoms with Crippen LogP contribution in [0.1, 0.15) is 11.1 Å². The lowest BCUT2D eigenvalue weighted by Gasteiger charge is -2.41. The van der Waals surface area contributed by atoms with Gasteiger partial charge >= 0.3 is 5.25 Å². The van der Waals surface area contributed by atoms with Crippen molar-refractivity contribution in [2.75, 3.05) is 6.54 Å². The van der Waals surface area contributed by atoms with Gasteiger partial charge in [-0.2, -0.15) is 8.78 Å². The number of nitrogens with zero attached hydrogens (tertiary/aromatic N) is 1. The molecule has 1 aliphatic rings. The van der Waals surface area contributed by atoms with Crippen LogP contribution in [0.2, 0.25) is 0 Å². The fourth-order valence-corrected chi connectivity index (χ4v) is 5.06. The Bertz CT molecular complexity index is 1150. The van der Waals surface area contributed by atoms with E-state index in [2.05, 4.69) is 6.58 Å². The summed E-state index contributed by atoms with van der Waals surface area (Å²) in [7, 11) is 0. The van der Waals surface area contributed by atoms with E-state index < -0.39 is 29.1 Å². The van der Waals surface area contributed by atoms with Crippen LogP contribution in [0.25, 0.3) is 0 Å². The number of hydrogen-bond acceptors (Lipinski definition) is 5.